The predicted molar refractivity (Wildman–Crippen MR) is 88.9 cm³/mol. The maximum atomic E-state index is 14.2. The standard InChI is InChI=1S/C17H21FN2S/c1-4-9-19-11-16-13(12-20(3)10-5-2)17-14(18)7-6-8-15(17)21-16/h2,6-8,19H,4,9-12H2,1,3H3. The third-order valence-corrected chi connectivity index (χ3v) is 4.55. The van der Waals surface area contributed by atoms with Crippen molar-refractivity contribution in [3.8, 4) is 12.3 Å². The van der Waals surface area contributed by atoms with Crippen LogP contribution in [0.3, 0.4) is 0 Å². The lowest BCUT2D eigenvalue weighted by Crippen LogP contribution is -2.20. The Hall–Kier alpha value is -1.41. The van der Waals surface area contributed by atoms with E-state index in [2.05, 4.69) is 18.2 Å². The van der Waals surface area contributed by atoms with E-state index < -0.39 is 0 Å². The van der Waals surface area contributed by atoms with Gasteiger partial charge in [-0.25, -0.2) is 4.39 Å². The van der Waals surface area contributed by atoms with Crippen molar-refractivity contribution in [1.29, 1.82) is 0 Å². The highest BCUT2D eigenvalue weighted by atomic mass is 32.1. The number of halogens is 1. The lowest BCUT2D eigenvalue weighted by atomic mass is 10.1. The average Bonchev–Trinajstić information content (AvgIpc) is 2.79. The molecule has 21 heavy (non-hydrogen) atoms. The van der Waals surface area contributed by atoms with Gasteiger partial charge in [0.25, 0.3) is 0 Å². The summed E-state index contributed by atoms with van der Waals surface area (Å²) < 4.78 is 15.2. The molecule has 0 saturated heterocycles. The second-order valence-electron chi connectivity index (χ2n) is 5.17. The first-order chi connectivity index (χ1) is 10.2. The number of nitrogens with one attached hydrogen (secondary N) is 1. The largest absolute Gasteiger partial charge is 0.312 e. The Kier molecular flexibility index (Phi) is 5.75. The molecule has 0 spiro atoms. The highest BCUT2D eigenvalue weighted by Gasteiger charge is 2.16. The zero-order valence-corrected chi connectivity index (χ0v) is 13.4. The highest BCUT2D eigenvalue weighted by molar-refractivity contribution is 7.19. The van der Waals surface area contributed by atoms with Crippen molar-refractivity contribution in [2.75, 3.05) is 20.1 Å². The van der Waals surface area contributed by atoms with Gasteiger partial charge >= 0.3 is 0 Å². The first-order valence-corrected chi connectivity index (χ1v) is 8.00. The minimum absolute atomic E-state index is 0.144. The van der Waals surface area contributed by atoms with Crippen molar-refractivity contribution in [1.82, 2.24) is 10.2 Å². The second kappa shape index (κ2) is 7.56. The topological polar surface area (TPSA) is 15.3 Å². The van der Waals surface area contributed by atoms with Crippen LogP contribution in [0.2, 0.25) is 0 Å². The molecule has 1 heterocycles. The minimum Gasteiger partial charge on any atom is -0.312 e. The van der Waals surface area contributed by atoms with Crippen LogP contribution in [-0.2, 0) is 13.1 Å². The zero-order valence-electron chi connectivity index (χ0n) is 12.6. The van der Waals surface area contributed by atoms with E-state index in [0.29, 0.717) is 13.1 Å². The van der Waals surface area contributed by atoms with Gasteiger partial charge in [0.2, 0.25) is 0 Å². The normalized spacial score (nSPS) is 11.2. The van der Waals surface area contributed by atoms with E-state index in [9.17, 15) is 4.39 Å². The number of terminal acetylenes is 1. The quantitative estimate of drug-likeness (QED) is 0.621. The van der Waals surface area contributed by atoms with E-state index >= 15 is 0 Å². The average molecular weight is 304 g/mol. The van der Waals surface area contributed by atoms with Crippen LogP contribution < -0.4 is 5.32 Å². The molecule has 4 heteroatoms. The van der Waals surface area contributed by atoms with Crippen LogP contribution in [0.1, 0.15) is 23.8 Å². The first-order valence-electron chi connectivity index (χ1n) is 7.18. The van der Waals surface area contributed by atoms with Gasteiger partial charge in [-0.2, -0.15) is 0 Å². The molecule has 2 nitrogen and oxygen atoms in total. The van der Waals surface area contributed by atoms with E-state index in [4.69, 9.17) is 6.42 Å². The van der Waals surface area contributed by atoms with E-state index in [1.54, 1.807) is 17.4 Å². The summed E-state index contributed by atoms with van der Waals surface area (Å²) >= 11 is 1.67. The summed E-state index contributed by atoms with van der Waals surface area (Å²) in [6.07, 6.45) is 6.45. The molecule has 1 aromatic heterocycles. The van der Waals surface area contributed by atoms with Crippen molar-refractivity contribution >= 4 is 21.4 Å². The fourth-order valence-corrected chi connectivity index (χ4v) is 3.59. The molecule has 0 fully saturated rings. The van der Waals surface area contributed by atoms with Crippen LogP contribution in [0.4, 0.5) is 4.39 Å². The molecule has 2 rings (SSSR count). The van der Waals surface area contributed by atoms with E-state index in [0.717, 1.165) is 35.2 Å². The fourth-order valence-electron chi connectivity index (χ4n) is 2.39. The summed E-state index contributed by atoms with van der Waals surface area (Å²) in [5.74, 6) is 2.49. The van der Waals surface area contributed by atoms with Crippen molar-refractivity contribution in [2.24, 2.45) is 0 Å². The number of hydrogen-bond acceptors (Lipinski definition) is 3. The van der Waals surface area contributed by atoms with Gasteiger partial charge in [-0.05, 0) is 37.7 Å². The monoisotopic (exact) mass is 304 g/mol. The molecule has 0 amide bonds. The van der Waals surface area contributed by atoms with E-state index in [1.807, 2.05) is 18.0 Å². The Morgan fingerprint density at radius 2 is 2.24 bits per heavy atom. The summed E-state index contributed by atoms with van der Waals surface area (Å²) in [5.41, 5.74) is 1.06. The van der Waals surface area contributed by atoms with Crippen LogP contribution in [0, 0.1) is 18.2 Å². The molecule has 0 unspecified atom stereocenters. The summed E-state index contributed by atoms with van der Waals surface area (Å²) in [6, 6.07) is 5.28. The van der Waals surface area contributed by atoms with Crippen LogP contribution in [0.25, 0.3) is 10.1 Å². The molecule has 0 aliphatic carbocycles. The molecule has 2 aromatic rings. The summed E-state index contributed by atoms with van der Waals surface area (Å²) in [6.45, 7) is 5.13. The third kappa shape index (κ3) is 3.82. The van der Waals surface area contributed by atoms with Crippen molar-refractivity contribution < 1.29 is 4.39 Å². The zero-order chi connectivity index (χ0) is 15.2. The van der Waals surface area contributed by atoms with Gasteiger partial charge in [-0.3, -0.25) is 4.90 Å². The number of rotatable bonds is 7. The molecule has 0 atom stereocenters. The number of fused-ring (bicyclic) bond motifs is 1. The first kappa shape index (κ1) is 16.0. The summed E-state index contributed by atoms with van der Waals surface area (Å²) in [7, 11) is 1.97. The van der Waals surface area contributed by atoms with Crippen LogP contribution >= 0.6 is 11.3 Å². The molecule has 112 valence electrons. The molecule has 0 aliphatic heterocycles. The van der Waals surface area contributed by atoms with Crippen LogP contribution in [0.5, 0.6) is 0 Å². The third-order valence-electron chi connectivity index (χ3n) is 3.35. The Morgan fingerprint density at radius 3 is 2.95 bits per heavy atom. The van der Waals surface area contributed by atoms with Crippen molar-refractivity contribution in [2.45, 2.75) is 26.4 Å². The fraction of sp³-hybridized carbons (Fsp3) is 0.412. The minimum atomic E-state index is -0.144. The number of nitrogens with zero attached hydrogens (tertiary/aromatic N) is 1. The number of hydrogen-bond donors (Lipinski definition) is 1. The molecular weight excluding hydrogens is 283 g/mol. The second-order valence-corrected chi connectivity index (χ2v) is 6.31. The maximum Gasteiger partial charge on any atom is 0.132 e. The van der Waals surface area contributed by atoms with Gasteiger partial charge < -0.3 is 5.32 Å². The lowest BCUT2D eigenvalue weighted by molar-refractivity contribution is 0.369. The summed E-state index contributed by atoms with van der Waals surface area (Å²) in [5, 5.41) is 4.16. The maximum absolute atomic E-state index is 14.2. The Labute approximate surface area is 130 Å². The molecule has 0 radical (unpaired) electrons. The van der Waals surface area contributed by atoms with E-state index in [1.165, 1.54) is 10.9 Å². The molecular formula is C17H21FN2S. The molecule has 1 aromatic carbocycles. The number of benzene rings is 1. The lowest BCUT2D eigenvalue weighted by Gasteiger charge is -2.15. The smallest absolute Gasteiger partial charge is 0.132 e. The molecule has 0 aliphatic rings. The van der Waals surface area contributed by atoms with Crippen molar-refractivity contribution in [3.63, 3.8) is 0 Å². The van der Waals surface area contributed by atoms with Gasteiger partial charge in [0.15, 0.2) is 0 Å². The molecule has 0 saturated carbocycles. The number of thiophene rings is 1. The Bertz CT molecular complexity index is 642. The van der Waals surface area contributed by atoms with Crippen LogP contribution in [-0.4, -0.2) is 25.0 Å². The predicted octanol–water partition coefficient (Wildman–Crippen LogP) is 3.61. The van der Waals surface area contributed by atoms with Crippen LogP contribution in [0.15, 0.2) is 18.2 Å². The van der Waals surface area contributed by atoms with E-state index in [-0.39, 0.29) is 5.82 Å². The van der Waals surface area contributed by atoms with Gasteiger partial charge in [0, 0.05) is 28.1 Å². The van der Waals surface area contributed by atoms with Crippen molar-refractivity contribution in [3.05, 3.63) is 34.5 Å². The van der Waals surface area contributed by atoms with Gasteiger partial charge in [0.1, 0.15) is 5.82 Å². The molecule has 1 N–H and O–H groups in total. The SMILES string of the molecule is C#CCN(C)Cc1c(CNCCC)sc2cccc(F)c12. The Balaban J connectivity index is 2.36. The van der Waals surface area contributed by atoms with Gasteiger partial charge in [0.05, 0.1) is 6.54 Å². The summed E-state index contributed by atoms with van der Waals surface area (Å²) in [4.78, 5) is 3.24. The molecule has 0 bridgehead atoms. The van der Waals surface area contributed by atoms with Gasteiger partial charge in [-0.15, -0.1) is 17.8 Å². The highest BCUT2D eigenvalue weighted by Crippen LogP contribution is 2.34. The Morgan fingerprint density at radius 1 is 1.43 bits per heavy atom. The van der Waals surface area contributed by atoms with Gasteiger partial charge in [-0.1, -0.05) is 18.9 Å².